The second-order valence-electron chi connectivity index (χ2n) is 4.82. The zero-order valence-electron chi connectivity index (χ0n) is 9.93. The fourth-order valence-corrected chi connectivity index (χ4v) is 2.29. The zero-order chi connectivity index (χ0) is 12.3. The number of halogens is 2. The van der Waals surface area contributed by atoms with Gasteiger partial charge in [0.25, 0.3) is 0 Å². The van der Waals surface area contributed by atoms with Crippen molar-refractivity contribution < 1.29 is 9.13 Å². The lowest BCUT2D eigenvalue weighted by atomic mass is 9.94. The molecule has 1 atom stereocenters. The number of rotatable bonds is 3. The molecule has 0 radical (unpaired) electrons. The van der Waals surface area contributed by atoms with Crippen LogP contribution in [0.2, 0.25) is 0 Å². The summed E-state index contributed by atoms with van der Waals surface area (Å²) in [7, 11) is 0. The van der Waals surface area contributed by atoms with Crippen molar-refractivity contribution in [3.05, 3.63) is 34.1 Å². The van der Waals surface area contributed by atoms with Gasteiger partial charge in [0, 0.05) is 18.7 Å². The Morgan fingerprint density at radius 3 is 3.00 bits per heavy atom. The minimum absolute atomic E-state index is 0.0157. The molecule has 2 nitrogen and oxygen atoms in total. The van der Waals surface area contributed by atoms with E-state index in [1.165, 1.54) is 0 Å². The molecule has 1 saturated heterocycles. The summed E-state index contributed by atoms with van der Waals surface area (Å²) in [6.45, 7) is 4.40. The first-order chi connectivity index (χ1) is 8.09. The van der Waals surface area contributed by atoms with Crippen molar-refractivity contribution >= 4 is 15.9 Å². The second kappa shape index (κ2) is 5.46. The molecule has 1 heterocycles. The Labute approximate surface area is 110 Å². The van der Waals surface area contributed by atoms with Gasteiger partial charge in [0.1, 0.15) is 5.82 Å². The molecule has 0 amide bonds. The molecule has 1 unspecified atom stereocenters. The van der Waals surface area contributed by atoms with Crippen LogP contribution in [-0.2, 0) is 11.3 Å². The first-order valence-electron chi connectivity index (χ1n) is 5.86. The van der Waals surface area contributed by atoms with Crippen molar-refractivity contribution in [3.8, 4) is 0 Å². The fourth-order valence-electron chi connectivity index (χ4n) is 2.04. The first-order valence-corrected chi connectivity index (χ1v) is 6.65. The molecule has 2 rings (SSSR count). The molecular formula is C13H17BrFNO. The molecule has 1 N–H and O–H groups in total. The number of nitrogens with one attached hydrogen (secondary N) is 1. The quantitative estimate of drug-likeness (QED) is 0.925. The van der Waals surface area contributed by atoms with Gasteiger partial charge in [0.15, 0.2) is 0 Å². The second-order valence-corrected chi connectivity index (χ2v) is 5.67. The lowest BCUT2D eigenvalue weighted by Gasteiger charge is -2.34. The van der Waals surface area contributed by atoms with Gasteiger partial charge in [-0.25, -0.2) is 4.39 Å². The standard InChI is InChI=1S/C13H17BrFNO/c1-13(5-2-6-17-9-13)16-8-10-3-4-11(14)12(15)7-10/h3-4,7,16H,2,5-6,8-9H2,1H3. The van der Waals surface area contributed by atoms with Gasteiger partial charge in [-0.3, -0.25) is 0 Å². The Bertz CT molecular complexity index is 391. The third-order valence-electron chi connectivity index (χ3n) is 3.14. The molecular weight excluding hydrogens is 285 g/mol. The summed E-state index contributed by atoms with van der Waals surface area (Å²) in [4.78, 5) is 0. The lowest BCUT2D eigenvalue weighted by molar-refractivity contribution is 0.0278. The number of benzene rings is 1. The highest BCUT2D eigenvalue weighted by Crippen LogP contribution is 2.20. The molecule has 17 heavy (non-hydrogen) atoms. The van der Waals surface area contributed by atoms with E-state index >= 15 is 0 Å². The van der Waals surface area contributed by atoms with E-state index in [0.717, 1.165) is 31.6 Å². The van der Waals surface area contributed by atoms with Crippen molar-refractivity contribution in [1.82, 2.24) is 5.32 Å². The van der Waals surface area contributed by atoms with E-state index in [1.807, 2.05) is 6.07 Å². The predicted molar refractivity (Wildman–Crippen MR) is 69.4 cm³/mol. The van der Waals surface area contributed by atoms with Crippen LogP contribution in [0.3, 0.4) is 0 Å². The highest BCUT2D eigenvalue weighted by atomic mass is 79.9. The van der Waals surface area contributed by atoms with E-state index in [1.54, 1.807) is 12.1 Å². The van der Waals surface area contributed by atoms with Crippen LogP contribution in [0.1, 0.15) is 25.3 Å². The summed E-state index contributed by atoms with van der Waals surface area (Å²) in [5.74, 6) is -0.214. The van der Waals surface area contributed by atoms with Gasteiger partial charge >= 0.3 is 0 Å². The molecule has 1 aliphatic rings. The van der Waals surface area contributed by atoms with Crippen molar-refractivity contribution in [2.24, 2.45) is 0 Å². The van der Waals surface area contributed by atoms with E-state index in [4.69, 9.17) is 4.74 Å². The summed E-state index contributed by atoms with van der Waals surface area (Å²) < 4.78 is 19.3. The molecule has 4 heteroatoms. The van der Waals surface area contributed by atoms with Gasteiger partial charge < -0.3 is 10.1 Å². The molecule has 0 aliphatic carbocycles. The molecule has 94 valence electrons. The van der Waals surface area contributed by atoms with Crippen LogP contribution in [0, 0.1) is 5.82 Å². The third-order valence-corrected chi connectivity index (χ3v) is 3.78. The zero-order valence-corrected chi connectivity index (χ0v) is 11.5. The van der Waals surface area contributed by atoms with Gasteiger partial charge in [-0.2, -0.15) is 0 Å². The van der Waals surface area contributed by atoms with Crippen LogP contribution in [0.5, 0.6) is 0 Å². The Hall–Kier alpha value is -0.450. The Balaban J connectivity index is 1.94. The molecule has 0 spiro atoms. The van der Waals surface area contributed by atoms with Crippen LogP contribution in [0.15, 0.2) is 22.7 Å². The monoisotopic (exact) mass is 301 g/mol. The molecule has 0 aromatic heterocycles. The summed E-state index contributed by atoms with van der Waals surface area (Å²) in [6.07, 6.45) is 2.18. The van der Waals surface area contributed by atoms with Crippen molar-refractivity contribution in [2.75, 3.05) is 13.2 Å². The van der Waals surface area contributed by atoms with Gasteiger partial charge in [0.05, 0.1) is 11.1 Å². The van der Waals surface area contributed by atoms with E-state index in [0.29, 0.717) is 11.0 Å². The van der Waals surface area contributed by atoms with Crippen LogP contribution in [-0.4, -0.2) is 18.8 Å². The Kier molecular flexibility index (Phi) is 4.17. The molecule has 1 aliphatic heterocycles. The van der Waals surface area contributed by atoms with Crippen LogP contribution in [0.4, 0.5) is 4.39 Å². The average molecular weight is 302 g/mol. The highest BCUT2D eigenvalue weighted by Gasteiger charge is 2.26. The van der Waals surface area contributed by atoms with Crippen LogP contribution in [0.25, 0.3) is 0 Å². The van der Waals surface area contributed by atoms with Crippen molar-refractivity contribution in [2.45, 2.75) is 31.8 Å². The maximum absolute atomic E-state index is 13.3. The number of ether oxygens (including phenoxy) is 1. The highest BCUT2D eigenvalue weighted by molar-refractivity contribution is 9.10. The fraction of sp³-hybridized carbons (Fsp3) is 0.538. The third kappa shape index (κ3) is 3.50. The largest absolute Gasteiger partial charge is 0.380 e. The summed E-state index contributed by atoms with van der Waals surface area (Å²) in [5.41, 5.74) is 0.972. The molecule has 0 bridgehead atoms. The minimum atomic E-state index is -0.214. The van der Waals surface area contributed by atoms with Crippen molar-refractivity contribution in [3.63, 3.8) is 0 Å². The maximum Gasteiger partial charge on any atom is 0.137 e. The average Bonchev–Trinajstić information content (AvgIpc) is 2.32. The molecule has 1 aromatic carbocycles. The topological polar surface area (TPSA) is 21.3 Å². The van der Waals surface area contributed by atoms with E-state index in [-0.39, 0.29) is 11.4 Å². The van der Waals surface area contributed by atoms with Gasteiger partial charge in [0.2, 0.25) is 0 Å². The molecule has 0 saturated carbocycles. The minimum Gasteiger partial charge on any atom is -0.380 e. The molecule has 1 fully saturated rings. The van der Waals surface area contributed by atoms with Crippen molar-refractivity contribution in [1.29, 1.82) is 0 Å². The predicted octanol–water partition coefficient (Wildman–Crippen LogP) is 3.25. The van der Waals surface area contributed by atoms with E-state index < -0.39 is 0 Å². The Morgan fingerprint density at radius 2 is 2.35 bits per heavy atom. The first kappa shape index (κ1) is 13.0. The number of hydrogen-bond donors (Lipinski definition) is 1. The smallest absolute Gasteiger partial charge is 0.137 e. The van der Waals surface area contributed by atoms with E-state index in [9.17, 15) is 4.39 Å². The normalized spacial score (nSPS) is 24.9. The van der Waals surface area contributed by atoms with Gasteiger partial charge in [-0.05, 0) is 53.4 Å². The SMILES string of the molecule is CC1(NCc2ccc(Br)c(F)c2)CCCOC1. The van der Waals surface area contributed by atoms with Crippen LogP contribution < -0.4 is 5.32 Å². The lowest BCUT2D eigenvalue weighted by Crippen LogP contribution is -2.48. The maximum atomic E-state index is 13.3. The Morgan fingerprint density at radius 1 is 1.53 bits per heavy atom. The van der Waals surface area contributed by atoms with Gasteiger partial charge in [-0.15, -0.1) is 0 Å². The number of hydrogen-bond acceptors (Lipinski definition) is 2. The molecule has 1 aromatic rings. The summed E-state index contributed by atoms with van der Waals surface area (Å²) >= 11 is 3.15. The summed E-state index contributed by atoms with van der Waals surface area (Å²) in [5, 5.41) is 3.45. The summed E-state index contributed by atoms with van der Waals surface area (Å²) in [6, 6.07) is 5.23. The van der Waals surface area contributed by atoms with Crippen LogP contribution >= 0.6 is 15.9 Å². The van der Waals surface area contributed by atoms with Gasteiger partial charge in [-0.1, -0.05) is 6.07 Å². The van der Waals surface area contributed by atoms with E-state index in [2.05, 4.69) is 28.2 Å².